The summed E-state index contributed by atoms with van der Waals surface area (Å²) in [5.41, 5.74) is -1.87. The van der Waals surface area contributed by atoms with Gasteiger partial charge in [-0.3, -0.25) is 4.79 Å². The van der Waals surface area contributed by atoms with E-state index >= 15 is 0 Å². The Kier molecular flexibility index (Phi) is 6.78. The summed E-state index contributed by atoms with van der Waals surface area (Å²) < 4.78 is 17.9. The average Bonchev–Trinajstić information content (AvgIpc) is 3.19. The van der Waals surface area contributed by atoms with Gasteiger partial charge in [-0.05, 0) is 59.9 Å². The van der Waals surface area contributed by atoms with Crippen LogP contribution in [0, 0.1) is 0 Å². The largest absolute Gasteiger partial charge is 0.460 e. The molecule has 0 radical (unpaired) electrons. The van der Waals surface area contributed by atoms with E-state index in [0.717, 1.165) is 10.8 Å². The maximum absolute atomic E-state index is 13.8. The summed E-state index contributed by atoms with van der Waals surface area (Å²) in [6, 6.07) is 14.6. The Balaban J connectivity index is 2.29. The number of hydrogen-bond acceptors (Lipinski definition) is 7. The Labute approximate surface area is 220 Å². The van der Waals surface area contributed by atoms with Crippen LogP contribution in [0.1, 0.15) is 79.7 Å². The molecule has 4 rings (SSSR count). The van der Waals surface area contributed by atoms with Gasteiger partial charge in [-0.1, -0.05) is 42.5 Å². The van der Waals surface area contributed by atoms with Gasteiger partial charge in [-0.15, -0.1) is 0 Å². The van der Waals surface area contributed by atoms with Crippen molar-refractivity contribution in [1.82, 2.24) is 4.40 Å². The van der Waals surface area contributed by atoms with Crippen molar-refractivity contribution in [3.8, 4) is 0 Å². The van der Waals surface area contributed by atoms with Crippen molar-refractivity contribution in [2.45, 2.75) is 59.7 Å². The molecule has 0 aliphatic carbocycles. The average molecular weight is 518 g/mol. The molecule has 198 valence electrons. The molecule has 0 atom stereocenters. The van der Waals surface area contributed by atoms with Crippen molar-refractivity contribution in [3.63, 3.8) is 0 Å². The molecule has 0 spiro atoms. The van der Waals surface area contributed by atoms with Crippen LogP contribution in [-0.4, -0.2) is 45.9 Å². The number of ether oxygens (including phenoxy) is 3. The Morgan fingerprint density at radius 3 is 1.76 bits per heavy atom. The number of Topliss-reactive ketones (excluding diaryl/α,β-unsaturated/α-hetero) is 1. The summed E-state index contributed by atoms with van der Waals surface area (Å²) in [5, 5.41) is 2.15. The van der Waals surface area contributed by atoms with Crippen LogP contribution in [-0.2, 0) is 19.0 Å². The van der Waals surface area contributed by atoms with E-state index in [1.807, 2.05) is 24.3 Å². The number of ketones is 1. The normalized spacial score (nSPS) is 12.1. The number of para-hydroxylation sites is 1. The molecule has 2 heterocycles. The van der Waals surface area contributed by atoms with Crippen LogP contribution in [0.15, 0.2) is 48.5 Å². The number of esters is 3. The van der Waals surface area contributed by atoms with E-state index in [9.17, 15) is 19.2 Å². The standard InChI is InChI=1S/C30H31NO7/c1-8-36-28(35)25(32)24-22(27(34)38-30(5,6)7)21(26(33)37-29(2,3)4)23-19-15-10-9-13-17(19)18-14-11-12-16-20(18)31(23)24/h9-16H,8H2,1-7H3. The maximum Gasteiger partial charge on any atom is 0.381 e. The molecule has 38 heavy (non-hydrogen) atoms. The van der Waals surface area contributed by atoms with Gasteiger partial charge in [0, 0.05) is 10.8 Å². The highest BCUT2D eigenvalue weighted by atomic mass is 16.6. The monoisotopic (exact) mass is 517 g/mol. The molecule has 2 aromatic carbocycles. The lowest BCUT2D eigenvalue weighted by molar-refractivity contribution is -0.137. The minimum absolute atomic E-state index is 0.0434. The van der Waals surface area contributed by atoms with Crippen LogP contribution in [0.5, 0.6) is 0 Å². The minimum atomic E-state index is -1.15. The second-order valence-electron chi connectivity index (χ2n) is 10.9. The third-order valence-electron chi connectivity index (χ3n) is 5.67. The highest BCUT2D eigenvalue weighted by Crippen LogP contribution is 2.38. The Morgan fingerprint density at radius 2 is 1.21 bits per heavy atom. The zero-order valence-electron chi connectivity index (χ0n) is 22.6. The summed E-state index contributed by atoms with van der Waals surface area (Å²) >= 11 is 0. The topological polar surface area (TPSA) is 100 Å². The lowest BCUT2D eigenvalue weighted by atomic mass is 10.0. The van der Waals surface area contributed by atoms with Gasteiger partial charge in [0.15, 0.2) is 0 Å². The predicted molar refractivity (Wildman–Crippen MR) is 144 cm³/mol. The molecule has 0 aliphatic rings. The number of carbonyl (C=O) groups is 4. The Bertz CT molecular complexity index is 1610. The first kappa shape index (κ1) is 26.9. The second-order valence-corrected chi connectivity index (χ2v) is 10.9. The van der Waals surface area contributed by atoms with Crippen molar-refractivity contribution in [2.75, 3.05) is 6.61 Å². The molecule has 8 heteroatoms. The fourth-order valence-electron chi connectivity index (χ4n) is 4.45. The highest BCUT2D eigenvalue weighted by Gasteiger charge is 2.39. The molecule has 0 saturated heterocycles. The van der Waals surface area contributed by atoms with E-state index in [4.69, 9.17) is 14.2 Å². The molecule has 0 unspecified atom stereocenters. The molecular weight excluding hydrogens is 486 g/mol. The number of fused-ring (bicyclic) bond motifs is 6. The van der Waals surface area contributed by atoms with Gasteiger partial charge in [0.2, 0.25) is 0 Å². The molecule has 0 N–H and O–H groups in total. The number of nitrogens with zero attached hydrogens (tertiary/aromatic N) is 1. The number of hydrogen-bond donors (Lipinski definition) is 0. The van der Waals surface area contributed by atoms with Crippen LogP contribution < -0.4 is 0 Å². The van der Waals surface area contributed by atoms with Gasteiger partial charge in [0.1, 0.15) is 28.0 Å². The summed E-state index contributed by atoms with van der Waals surface area (Å²) in [5.74, 6) is -3.97. The summed E-state index contributed by atoms with van der Waals surface area (Å²) in [4.78, 5) is 54.0. The van der Waals surface area contributed by atoms with E-state index in [1.165, 1.54) is 4.40 Å². The van der Waals surface area contributed by atoms with Gasteiger partial charge < -0.3 is 18.6 Å². The Hall–Kier alpha value is -4.20. The molecule has 2 aromatic heterocycles. The first-order chi connectivity index (χ1) is 17.7. The summed E-state index contributed by atoms with van der Waals surface area (Å²) in [6.45, 7) is 11.7. The quantitative estimate of drug-likeness (QED) is 0.107. The zero-order chi connectivity index (χ0) is 28.0. The fourth-order valence-corrected chi connectivity index (χ4v) is 4.45. The van der Waals surface area contributed by atoms with E-state index in [-0.39, 0.29) is 28.9 Å². The molecule has 4 aromatic rings. The van der Waals surface area contributed by atoms with Gasteiger partial charge in [-0.2, -0.15) is 0 Å². The molecular formula is C30H31NO7. The molecule has 0 bridgehead atoms. The van der Waals surface area contributed by atoms with Crippen molar-refractivity contribution in [3.05, 3.63) is 65.4 Å². The first-order valence-corrected chi connectivity index (χ1v) is 12.4. The minimum Gasteiger partial charge on any atom is -0.460 e. The maximum atomic E-state index is 13.8. The van der Waals surface area contributed by atoms with Gasteiger partial charge in [0.25, 0.3) is 5.78 Å². The third kappa shape index (κ3) is 4.86. The van der Waals surface area contributed by atoms with Crippen LogP contribution in [0.4, 0.5) is 0 Å². The van der Waals surface area contributed by atoms with Gasteiger partial charge in [0.05, 0.1) is 17.6 Å². The van der Waals surface area contributed by atoms with Crippen LogP contribution in [0.2, 0.25) is 0 Å². The van der Waals surface area contributed by atoms with Gasteiger partial charge in [-0.25, -0.2) is 14.4 Å². The molecule has 0 saturated carbocycles. The van der Waals surface area contributed by atoms with Crippen LogP contribution in [0.25, 0.3) is 27.2 Å². The third-order valence-corrected chi connectivity index (χ3v) is 5.67. The Morgan fingerprint density at radius 1 is 0.711 bits per heavy atom. The summed E-state index contributed by atoms with van der Waals surface area (Å²) in [6.07, 6.45) is 0. The number of benzene rings is 2. The van der Waals surface area contributed by atoms with Crippen LogP contribution >= 0.6 is 0 Å². The van der Waals surface area contributed by atoms with E-state index < -0.39 is 34.9 Å². The van der Waals surface area contributed by atoms with Crippen molar-refractivity contribution < 1.29 is 33.4 Å². The predicted octanol–water partition coefficient (Wildman–Crippen LogP) is 5.90. The second kappa shape index (κ2) is 9.59. The number of rotatable bonds is 5. The van der Waals surface area contributed by atoms with E-state index in [2.05, 4.69) is 0 Å². The lowest BCUT2D eigenvalue weighted by Gasteiger charge is -2.22. The number of pyridine rings is 1. The zero-order valence-corrected chi connectivity index (χ0v) is 22.6. The smallest absolute Gasteiger partial charge is 0.381 e. The van der Waals surface area contributed by atoms with Crippen molar-refractivity contribution in [2.24, 2.45) is 0 Å². The number of carbonyl (C=O) groups excluding carboxylic acids is 4. The van der Waals surface area contributed by atoms with Crippen molar-refractivity contribution in [1.29, 1.82) is 0 Å². The van der Waals surface area contributed by atoms with Crippen molar-refractivity contribution >= 4 is 50.9 Å². The molecule has 8 nitrogen and oxygen atoms in total. The fraction of sp³-hybridized carbons (Fsp3) is 0.333. The van der Waals surface area contributed by atoms with E-state index in [0.29, 0.717) is 10.9 Å². The SMILES string of the molecule is CCOC(=O)C(=O)c1c(C(=O)OC(C)(C)C)c(C(=O)OC(C)(C)C)c2c3ccccc3c3ccccc3n12. The highest BCUT2D eigenvalue weighted by molar-refractivity contribution is 6.43. The lowest BCUT2D eigenvalue weighted by Crippen LogP contribution is -2.29. The molecule has 0 fully saturated rings. The summed E-state index contributed by atoms with van der Waals surface area (Å²) in [7, 11) is 0. The first-order valence-electron chi connectivity index (χ1n) is 12.4. The van der Waals surface area contributed by atoms with Crippen LogP contribution in [0.3, 0.4) is 0 Å². The molecule has 0 aliphatic heterocycles. The number of aromatic nitrogens is 1. The van der Waals surface area contributed by atoms with E-state index in [1.54, 1.807) is 72.7 Å². The molecule has 0 amide bonds. The van der Waals surface area contributed by atoms with Gasteiger partial charge >= 0.3 is 17.9 Å².